The van der Waals surface area contributed by atoms with E-state index in [2.05, 4.69) is 10.3 Å². The van der Waals surface area contributed by atoms with Crippen molar-refractivity contribution < 1.29 is 8.78 Å². The molecule has 0 aliphatic carbocycles. The van der Waals surface area contributed by atoms with Gasteiger partial charge in [0, 0.05) is 11.1 Å². The van der Waals surface area contributed by atoms with Crippen LogP contribution in [0.25, 0.3) is 0 Å². The molecule has 92 valence electrons. The van der Waals surface area contributed by atoms with E-state index in [1.807, 2.05) is 6.92 Å². The number of nitrogens with one attached hydrogen (secondary N) is 1. The van der Waals surface area contributed by atoms with Gasteiger partial charge in [-0.1, -0.05) is 0 Å². The summed E-state index contributed by atoms with van der Waals surface area (Å²) in [5.74, 6) is -1.54. The lowest BCUT2D eigenvalue weighted by Crippen LogP contribution is -2.03. The topological polar surface area (TPSA) is 48.7 Å². The van der Waals surface area contributed by atoms with Crippen molar-refractivity contribution in [1.29, 1.82) is 5.26 Å². The van der Waals surface area contributed by atoms with E-state index >= 15 is 0 Å². The Hall–Kier alpha value is -2.00. The van der Waals surface area contributed by atoms with Crippen LogP contribution in [-0.4, -0.2) is 4.98 Å². The monoisotopic (exact) mass is 265 g/mol. The highest BCUT2D eigenvalue weighted by molar-refractivity contribution is 7.11. The second-order valence-electron chi connectivity index (χ2n) is 3.63. The lowest BCUT2D eigenvalue weighted by Gasteiger charge is -2.07. The number of anilines is 1. The molecule has 0 unspecified atom stereocenters. The number of halogens is 2. The Bertz CT molecular complexity index is 593. The summed E-state index contributed by atoms with van der Waals surface area (Å²) in [6, 6.07) is 3.70. The van der Waals surface area contributed by atoms with Crippen LogP contribution in [0, 0.1) is 29.9 Å². The minimum atomic E-state index is -0.771. The number of hydrogen-bond acceptors (Lipinski definition) is 4. The van der Waals surface area contributed by atoms with E-state index in [0.29, 0.717) is 6.54 Å². The number of hydrogen-bond donors (Lipinski definition) is 1. The number of benzene rings is 1. The van der Waals surface area contributed by atoms with Gasteiger partial charge in [0.2, 0.25) is 0 Å². The van der Waals surface area contributed by atoms with Crippen molar-refractivity contribution in [1.82, 2.24) is 4.98 Å². The molecular weight excluding hydrogens is 256 g/mol. The predicted molar refractivity (Wildman–Crippen MR) is 65.3 cm³/mol. The molecule has 0 fully saturated rings. The average molecular weight is 265 g/mol. The summed E-state index contributed by atoms with van der Waals surface area (Å²) in [6.45, 7) is 2.16. The Morgan fingerprint density at radius 2 is 2.06 bits per heavy atom. The Morgan fingerprint density at radius 3 is 2.56 bits per heavy atom. The molecular formula is C12H9F2N3S. The van der Waals surface area contributed by atoms with Gasteiger partial charge in [-0.05, 0) is 19.1 Å². The Kier molecular flexibility index (Phi) is 3.53. The molecule has 2 rings (SSSR count). The summed E-state index contributed by atoms with van der Waals surface area (Å²) < 4.78 is 27.1. The number of aromatic nitrogens is 1. The quantitative estimate of drug-likeness (QED) is 0.927. The van der Waals surface area contributed by atoms with Crippen LogP contribution >= 0.6 is 11.3 Å². The van der Waals surface area contributed by atoms with Gasteiger partial charge in [0.1, 0.15) is 5.69 Å². The summed E-state index contributed by atoms with van der Waals surface area (Å²) >= 11 is 1.46. The third-order valence-corrected chi connectivity index (χ3v) is 3.19. The first-order chi connectivity index (χ1) is 8.60. The summed E-state index contributed by atoms with van der Waals surface area (Å²) in [7, 11) is 0. The van der Waals surface area contributed by atoms with Crippen LogP contribution in [0.5, 0.6) is 0 Å². The number of aryl methyl sites for hydroxylation is 1. The van der Waals surface area contributed by atoms with Gasteiger partial charge >= 0.3 is 0 Å². The van der Waals surface area contributed by atoms with Gasteiger partial charge in [-0.3, -0.25) is 0 Å². The average Bonchev–Trinajstić information content (AvgIpc) is 2.73. The zero-order valence-corrected chi connectivity index (χ0v) is 10.3. The first kappa shape index (κ1) is 12.5. The molecule has 6 heteroatoms. The van der Waals surface area contributed by atoms with Gasteiger partial charge < -0.3 is 5.32 Å². The lowest BCUT2D eigenvalue weighted by molar-refractivity contribution is 0.587. The summed E-state index contributed by atoms with van der Waals surface area (Å²) in [6.07, 6.45) is 1.66. The molecule has 2 aromatic rings. The van der Waals surface area contributed by atoms with E-state index < -0.39 is 11.6 Å². The molecule has 0 aliphatic heterocycles. The molecule has 0 atom stereocenters. The van der Waals surface area contributed by atoms with Crippen molar-refractivity contribution >= 4 is 17.0 Å². The van der Waals surface area contributed by atoms with Crippen LogP contribution in [0.1, 0.15) is 15.4 Å². The van der Waals surface area contributed by atoms with Crippen molar-refractivity contribution in [2.24, 2.45) is 0 Å². The van der Waals surface area contributed by atoms with Crippen LogP contribution < -0.4 is 5.32 Å². The summed E-state index contributed by atoms with van der Waals surface area (Å²) in [5, 5.41) is 12.1. The first-order valence-corrected chi connectivity index (χ1v) is 5.96. The van der Waals surface area contributed by atoms with Gasteiger partial charge in [-0.15, -0.1) is 11.3 Å². The largest absolute Gasteiger partial charge is 0.375 e. The fourth-order valence-electron chi connectivity index (χ4n) is 1.47. The van der Waals surface area contributed by atoms with Gasteiger partial charge in [0.15, 0.2) is 11.6 Å². The second-order valence-corrected chi connectivity index (χ2v) is 4.95. The molecule has 0 radical (unpaired) electrons. The molecule has 0 aliphatic rings. The molecule has 0 amide bonds. The number of nitrogens with zero attached hydrogens (tertiary/aromatic N) is 2. The smallest absolute Gasteiger partial charge is 0.150 e. The Balaban J connectivity index is 2.17. The van der Waals surface area contributed by atoms with Crippen molar-refractivity contribution in [3.8, 4) is 6.07 Å². The van der Waals surface area contributed by atoms with Crippen LogP contribution in [0.2, 0.25) is 0 Å². The fourth-order valence-corrected chi connectivity index (χ4v) is 2.20. The molecule has 0 saturated heterocycles. The highest BCUT2D eigenvalue weighted by atomic mass is 32.1. The zero-order valence-electron chi connectivity index (χ0n) is 9.50. The van der Waals surface area contributed by atoms with E-state index in [0.717, 1.165) is 22.0 Å². The number of nitriles is 1. The van der Waals surface area contributed by atoms with E-state index in [-0.39, 0.29) is 11.3 Å². The maximum Gasteiger partial charge on any atom is 0.150 e. The molecule has 0 spiro atoms. The van der Waals surface area contributed by atoms with Crippen molar-refractivity contribution in [3.05, 3.63) is 45.4 Å². The molecule has 1 aromatic heterocycles. The summed E-state index contributed by atoms with van der Waals surface area (Å²) in [5.41, 5.74) is -0.260. The molecule has 0 saturated carbocycles. The van der Waals surface area contributed by atoms with Gasteiger partial charge in [-0.2, -0.15) is 5.26 Å². The van der Waals surface area contributed by atoms with Gasteiger partial charge in [0.25, 0.3) is 0 Å². The van der Waals surface area contributed by atoms with Crippen LogP contribution in [0.3, 0.4) is 0 Å². The molecule has 3 nitrogen and oxygen atoms in total. The van der Waals surface area contributed by atoms with E-state index in [4.69, 9.17) is 5.26 Å². The highest BCUT2D eigenvalue weighted by Crippen LogP contribution is 2.22. The molecule has 1 aromatic carbocycles. The van der Waals surface area contributed by atoms with Crippen LogP contribution in [0.15, 0.2) is 18.3 Å². The third kappa shape index (κ3) is 2.63. The van der Waals surface area contributed by atoms with Crippen LogP contribution in [-0.2, 0) is 6.54 Å². The van der Waals surface area contributed by atoms with E-state index in [1.54, 1.807) is 12.3 Å². The first-order valence-electron chi connectivity index (χ1n) is 5.14. The maximum atomic E-state index is 13.5. The predicted octanol–water partition coefficient (Wildman–Crippen LogP) is 3.21. The SMILES string of the molecule is Cc1ncc(CNc2c(F)cc(C#N)cc2F)s1. The molecule has 1 N–H and O–H groups in total. The van der Waals surface area contributed by atoms with E-state index in [9.17, 15) is 8.78 Å². The Morgan fingerprint density at radius 1 is 1.39 bits per heavy atom. The number of thiazole rings is 1. The minimum Gasteiger partial charge on any atom is -0.375 e. The third-order valence-electron chi connectivity index (χ3n) is 2.28. The Labute approximate surface area is 107 Å². The normalized spacial score (nSPS) is 10.1. The van der Waals surface area contributed by atoms with Gasteiger partial charge in [-0.25, -0.2) is 13.8 Å². The van der Waals surface area contributed by atoms with Crippen molar-refractivity contribution in [2.75, 3.05) is 5.32 Å². The van der Waals surface area contributed by atoms with Gasteiger partial charge in [0.05, 0.1) is 23.2 Å². The standard InChI is InChI=1S/C12H9F2N3S/c1-7-16-5-9(18-7)6-17-12-10(13)2-8(4-15)3-11(12)14/h2-3,5,17H,6H2,1H3. The summed E-state index contributed by atoms with van der Waals surface area (Å²) in [4.78, 5) is 4.93. The minimum absolute atomic E-state index is 0.0378. The number of rotatable bonds is 3. The van der Waals surface area contributed by atoms with Crippen molar-refractivity contribution in [3.63, 3.8) is 0 Å². The lowest BCUT2D eigenvalue weighted by atomic mass is 10.2. The van der Waals surface area contributed by atoms with E-state index in [1.165, 1.54) is 11.3 Å². The zero-order chi connectivity index (χ0) is 13.1. The fraction of sp³-hybridized carbons (Fsp3) is 0.167. The highest BCUT2D eigenvalue weighted by Gasteiger charge is 2.11. The molecule has 0 bridgehead atoms. The maximum absolute atomic E-state index is 13.5. The van der Waals surface area contributed by atoms with Crippen LogP contribution in [0.4, 0.5) is 14.5 Å². The molecule has 18 heavy (non-hydrogen) atoms. The second kappa shape index (κ2) is 5.10. The van der Waals surface area contributed by atoms with Crippen molar-refractivity contribution in [2.45, 2.75) is 13.5 Å². The molecule has 1 heterocycles.